The van der Waals surface area contributed by atoms with Gasteiger partial charge in [0.05, 0.1) is 23.6 Å². The third kappa shape index (κ3) is 3.61. The lowest BCUT2D eigenvalue weighted by Gasteiger charge is -2.19. The zero-order valence-electron chi connectivity index (χ0n) is 14.6. The van der Waals surface area contributed by atoms with Crippen LogP contribution in [-0.2, 0) is 9.53 Å². The summed E-state index contributed by atoms with van der Waals surface area (Å²) in [5.41, 5.74) is -0.691. The van der Waals surface area contributed by atoms with Gasteiger partial charge in [-0.1, -0.05) is 6.07 Å². The molecule has 146 valence electrons. The Kier molecular flexibility index (Phi) is 5.21. The molecule has 1 unspecified atom stereocenters. The van der Waals surface area contributed by atoms with Gasteiger partial charge in [0.15, 0.2) is 0 Å². The molecule has 0 spiro atoms. The Bertz CT molecular complexity index is 946. The monoisotopic (exact) mass is 391 g/mol. The Labute approximate surface area is 157 Å². The van der Waals surface area contributed by atoms with Crippen molar-refractivity contribution in [1.29, 1.82) is 0 Å². The molecular formula is C18H15F2N3O5. The first kappa shape index (κ1) is 19.2. The SMILES string of the molecule is COC(=O)c1ccc([N+](=O)[O-])c(NC2CC(=O)N(c3c(F)cccc3F)C2)c1. The van der Waals surface area contributed by atoms with E-state index in [0.717, 1.165) is 23.1 Å². The smallest absolute Gasteiger partial charge is 0.337 e. The molecule has 8 nitrogen and oxygen atoms in total. The number of anilines is 2. The maximum absolute atomic E-state index is 14.0. The summed E-state index contributed by atoms with van der Waals surface area (Å²) in [5, 5.41) is 14.1. The molecule has 28 heavy (non-hydrogen) atoms. The van der Waals surface area contributed by atoms with E-state index >= 15 is 0 Å². The Hall–Kier alpha value is -3.56. The van der Waals surface area contributed by atoms with Gasteiger partial charge >= 0.3 is 5.97 Å². The second-order valence-corrected chi connectivity index (χ2v) is 6.10. The third-order valence-corrected chi connectivity index (χ3v) is 4.31. The fraction of sp³-hybridized carbons (Fsp3) is 0.222. The summed E-state index contributed by atoms with van der Waals surface area (Å²) in [7, 11) is 1.17. The molecule has 0 bridgehead atoms. The van der Waals surface area contributed by atoms with E-state index in [1.165, 1.54) is 25.3 Å². The van der Waals surface area contributed by atoms with Crippen LogP contribution in [0, 0.1) is 21.7 Å². The maximum atomic E-state index is 14.0. The topological polar surface area (TPSA) is 102 Å². The molecule has 1 N–H and O–H groups in total. The standard InChI is InChI=1S/C18H15F2N3O5/c1-28-18(25)10-5-6-15(23(26)27)14(7-10)21-11-8-16(24)22(9-11)17-12(19)3-2-4-13(17)20/h2-7,11,21H,8-9H2,1H3. The molecule has 1 aliphatic rings. The number of nitrogens with zero attached hydrogens (tertiary/aromatic N) is 2. The molecule has 1 fully saturated rings. The number of halogens is 2. The van der Waals surface area contributed by atoms with E-state index in [-0.39, 0.29) is 29.9 Å². The molecule has 0 radical (unpaired) electrons. The number of para-hydroxylation sites is 1. The minimum atomic E-state index is -0.882. The lowest BCUT2D eigenvalue weighted by molar-refractivity contribution is -0.384. The number of rotatable bonds is 5. The van der Waals surface area contributed by atoms with Crippen LogP contribution in [0.4, 0.5) is 25.8 Å². The van der Waals surface area contributed by atoms with Crippen LogP contribution < -0.4 is 10.2 Å². The number of esters is 1. The molecule has 2 aromatic rings. The molecule has 1 heterocycles. The van der Waals surface area contributed by atoms with Gasteiger partial charge in [-0.15, -0.1) is 0 Å². The second kappa shape index (κ2) is 7.59. The number of carbonyl (C=O) groups excluding carboxylic acids is 2. The van der Waals surface area contributed by atoms with Gasteiger partial charge in [0.1, 0.15) is 23.0 Å². The summed E-state index contributed by atoms with van der Waals surface area (Å²) in [6.45, 7) is -0.101. The first-order valence-electron chi connectivity index (χ1n) is 8.19. The lowest BCUT2D eigenvalue weighted by atomic mass is 10.1. The van der Waals surface area contributed by atoms with Crippen LogP contribution in [0.5, 0.6) is 0 Å². The van der Waals surface area contributed by atoms with Crippen molar-refractivity contribution < 1.29 is 28.0 Å². The van der Waals surface area contributed by atoms with Gasteiger partial charge in [0.2, 0.25) is 5.91 Å². The Morgan fingerprint density at radius 2 is 1.96 bits per heavy atom. The average Bonchev–Trinajstić information content (AvgIpc) is 3.00. The first-order valence-corrected chi connectivity index (χ1v) is 8.19. The molecule has 3 rings (SSSR count). The summed E-state index contributed by atoms with van der Waals surface area (Å²) in [4.78, 5) is 35.5. The zero-order chi connectivity index (χ0) is 20.4. The number of benzene rings is 2. The molecule has 10 heteroatoms. The molecule has 0 aliphatic carbocycles. The molecule has 2 aromatic carbocycles. The number of nitro groups is 1. The molecule has 1 saturated heterocycles. The van der Waals surface area contributed by atoms with Crippen molar-refractivity contribution in [1.82, 2.24) is 0 Å². The van der Waals surface area contributed by atoms with Crippen LogP contribution in [0.3, 0.4) is 0 Å². The molecule has 1 atom stereocenters. The van der Waals surface area contributed by atoms with E-state index in [2.05, 4.69) is 10.1 Å². The lowest BCUT2D eigenvalue weighted by Crippen LogP contribution is -2.29. The predicted octanol–water partition coefficient (Wildman–Crippen LogP) is 2.88. The van der Waals surface area contributed by atoms with Crippen LogP contribution in [0.15, 0.2) is 36.4 Å². The van der Waals surface area contributed by atoms with Gasteiger partial charge in [-0.2, -0.15) is 0 Å². The molecule has 0 saturated carbocycles. The summed E-state index contributed by atoms with van der Waals surface area (Å²) in [6, 6.07) is 6.23. The van der Waals surface area contributed by atoms with Gasteiger partial charge in [0, 0.05) is 19.0 Å². The zero-order valence-corrected chi connectivity index (χ0v) is 14.6. The van der Waals surface area contributed by atoms with E-state index in [1.807, 2.05) is 0 Å². The van der Waals surface area contributed by atoms with E-state index in [4.69, 9.17) is 0 Å². The summed E-state index contributed by atoms with van der Waals surface area (Å²) >= 11 is 0. The highest BCUT2D eigenvalue weighted by Crippen LogP contribution is 2.31. The molecular weight excluding hydrogens is 376 g/mol. The maximum Gasteiger partial charge on any atom is 0.337 e. The first-order chi connectivity index (χ1) is 13.3. The summed E-state index contributed by atoms with van der Waals surface area (Å²) in [5.74, 6) is -2.98. The average molecular weight is 391 g/mol. The van der Waals surface area contributed by atoms with Gasteiger partial charge in [-0.05, 0) is 24.3 Å². The van der Waals surface area contributed by atoms with Crippen molar-refractivity contribution >= 4 is 28.9 Å². The van der Waals surface area contributed by atoms with Gasteiger partial charge in [-0.25, -0.2) is 13.6 Å². The molecule has 1 amide bonds. The van der Waals surface area contributed by atoms with E-state index in [0.29, 0.717) is 0 Å². The van der Waals surface area contributed by atoms with E-state index in [1.54, 1.807) is 0 Å². The number of hydrogen-bond donors (Lipinski definition) is 1. The second-order valence-electron chi connectivity index (χ2n) is 6.10. The minimum Gasteiger partial charge on any atom is -0.465 e. The highest BCUT2D eigenvalue weighted by Gasteiger charge is 2.34. The number of hydrogen-bond acceptors (Lipinski definition) is 6. The van der Waals surface area contributed by atoms with Gasteiger partial charge in [-0.3, -0.25) is 14.9 Å². The predicted molar refractivity (Wildman–Crippen MR) is 95.2 cm³/mol. The van der Waals surface area contributed by atoms with Crippen molar-refractivity contribution in [3.05, 3.63) is 63.7 Å². The number of amides is 1. The van der Waals surface area contributed by atoms with Crippen LogP contribution in [0.2, 0.25) is 0 Å². The van der Waals surface area contributed by atoms with Crippen LogP contribution in [0.25, 0.3) is 0 Å². The van der Waals surface area contributed by atoms with Crippen LogP contribution >= 0.6 is 0 Å². The van der Waals surface area contributed by atoms with Crippen molar-refractivity contribution in [2.24, 2.45) is 0 Å². The number of nitrogens with one attached hydrogen (secondary N) is 1. The number of methoxy groups -OCH3 is 1. The van der Waals surface area contributed by atoms with Crippen molar-refractivity contribution in [2.75, 3.05) is 23.9 Å². The largest absolute Gasteiger partial charge is 0.465 e. The molecule has 0 aromatic heterocycles. The third-order valence-electron chi connectivity index (χ3n) is 4.31. The van der Waals surface area contributed by atoms with Gasteiger partial charge < -0.3 is 15.0 Å². The van der Waals surface area contributed by atoms with Crippen molar-refractivity contribution in [3.63, 3.8) is 0 Å². The Morgan fingerprint density at radius 3 is 2.57 bits per heavy atom. The summed E-state index contributed by atoms with van der Waals surface area (Å²) < 4.78 is 32.6. The normalized spacial score (nSPS) is 16.2. The van der Waals surface area contributed by atoms with Crippen molar-refractivity contribution in [3.8, 4) is 0 Å². The van der Waals surface area contributed by atoms with E-state index in [9.17, 15) is 28.5 Å². The number of ether oxygens (including phenoxy) is 1. The van der Waals surface area contributed by atoms with Crippen LogP contribution in [0.1, 0.15) is 16.8 Å². The van der Waals surface area contributed by atoms with Gasteiger partial charge in [0.25, 0.3) is 5.69 Å². The Balaban J connectivity index is 1.88. The van der Waals surface area contributed by atoms with Crippen LogP contribution in [-0.4, -0.2) is 36.5 Å². The van der Waals surface area contributed by atoms with Crippen molar-refractivity contribution in [2.45, 2.75) is 12.5 Å². The highest BCUT2D eigenvalue weighted by atomic mass is 19.1. The number of carbonyl (C=O) groups is 2. The fourth-order valence-electron chi connectivity index (χ4n) is 3.04. The Morgan fingerprint density at radius 1 is 1.29 bits per heavy atom. The van der Waals surface area contributed by atoms with E-state index < -0.39 is 40.2 Å². The quantitative estimate of drug-likeness (QED) is 0.478. The minimum absolute atomic E-state index is 0.00144. The highest BCUT2D eigenvalue weighted by molar-refractivity contribution is 5.97. The number of nitro benzene ring substituents is 1. The summed E-state index contributed by atoms with van der Waals surface area (Å²) in [6.07, 6.45) is -0.132. The molecule has 1 aliphatic heterocycles. The fourth-order valence-corrected chi connectivity index (χ4v) is 3.04.